The second-order valence-corrected chi connectivity index (χ2v) is 7.23. The predicted molar refractivity (Wildman–Crippen MR) is 78.6 cm³/mol. The fourth-order valence-corrected chi connectivity index (χ4v) is 4.55. The molecular weight excluding hydrogens is 274 g/mol. The molecule has 1 aromatic carbocycles. The maximum absolute atomic E-state index is 12.5. The van der Waals surface area contributed by atoms with Crippen LogP contribution in [-0.4, -0.2) is 38.0 Å². The molecule has 4 nitrogen and oxygen atoms in total. The molecule has 2 fully saturated rings. The van der Waals surface area contributed by atoms with E-state index < -0.39 is 10.0 Å². The zero-order chi connectivity index (χ0) is 14.2. The van der Waals surface area contributed by atoms with Crippen molar-refractivity contribution < 1.29 is 13.2 Å². The number of nitrogens with zero attached hydrogens (tertiary/aromatic N) is 1. The van der Waals surface area contributed by atoms with Crippen LogP contribution in [0.5, 0.6) is 0 Å². The van der Waals surface area contributed by atoms with Crippen LogP contribution in [0, 0.1) is 6.92 Å². The van der Waals surface area contributed by atoms with Gasteiger partial charge in [-0.2, -0.15) is 4.31 Å². The number of ether oxygens (including phenoxy) is 1. The summed E-state index contributed by atoms with van der Waals surface area (Å²) in [7, 11) is -3.35. The minimum Gasteiger partial charge on any atom is -0.378 e. The van der Waals surface area contributed by atoms with Gasteiger partial charge in [0.15, 0.2) is 0 Å². The molecule has 2 heterocycles. The van der Waals surface area contributed by atoms with E-state index >= 15 is 0 Å². The summed E-state index contributed by atoms with van der Waals surface area (Å²) >= 11 is 0. The topological polar surface area (TPSA) is 46.6 Å². The first-order chi connectivity index (χ1) is 9.56. The maximum atomic E-state index is 12.5. The number of hydrogen-bond acceptors (Lipinski definition) is 3. The second kappa shape index (κ2) is 5.31. The Labute approximate surface area is 120 Å². The lowest BCUT2D eigenvalue weighted by atomic mass is 10.2. The average Bonchev–Trinajstić information content (AvgIpc) is 2.70. The van der Waals surface area contributed by atoms with Crippen molar-refractivity contribution in [3.8, 4) is 0 Å². The summed E-state index contributed by atoms with van der Waals surface area (Å²) in [5.41, 5.74) is 2.07. The molecule has 3 rings (SSSR count). The van der Waals surface area contributed by atoms with Crippen LogP contribution in [0.25, 0.3) is 6.08 Å². The Morgan fingerprint density at radius 3 is 2.35 bits per heavy atom. The Bertz CT molecular complexity index is 591. The summed E-state index contributed by atoms with van der Waals surface area (Å²) in [5, 5.41) is 1.33. The van der Waals surface area contributed by atoms with Gasteiger partial charge in [0.05, 0.1) is 13.2 Å². The Kier molecular flexibility index (Phi) is 3.67. The highest BCUT2D eigenvalue weighted by molar-refractivity contribution is 7.92. The molecule has 0 aliphatic carbocycles. The van der Waals surface area contributed by atoms with Crippen molar-refractivity contribution in [2.75, 3.05) is 13.2 Å². The van der Waals surface area contributed by atoms with Gasteiger partial charge >= 0.3 is 0 Å². The quantitative estimate of drug-likeness (QED) is 0.858. The van der Waals surface area contributed by atoms with Crippen molar-refractivity contribution in [1.82, 2.24) is 4.31 Å². The van der Waals surface area contributed by atoms with Crippen molar-refractivity contribution >= 4 is 16.1 Å². The molecule has 2 aliphatic rings. The van der Waals surface area contributed by atoms with E-state index in [9.17, 15) is 8.42 Å². The van der Waals surface area contributed by atoms with Gasteiger partial charge in [-0.25, -0.2) is 8.42 Å². The summed E-state index contributed by atoms with van der Waals surface area (Å²) in [5.74, 6) is 0. The monoisotopic (exact) mass is 293 g/mol. The summed E-state index contributed by atoms with van der Waals surface area (Å²) < 4.78 is 32.0. The van der Waals surface area contributed by atoms with E-state index in [-0.39, 0.29) is 12.1 Å². The SMILES string of the molecule is Cc1ccc(/C=C/S(=O)(=O)N2[C@@H]3CC[C@@H]2COC3)cc1. The number of hydrogen-bond donors (Lipinski definition) is 0. The van der Waals surface area contributed by atoms with Gasteiger partial charge in [0.2, 0.25) is 10.0 Å². The fourth-order valence-electron chi connectivity index (χ4n) is 2.92. The molecule has 0 aromatic heterocycles. The Morgan fingerprint density at radius 1 is 1.15 bits per heavy atom. The van der Waals surface area contributed by atoms with Crippen LogP contribution in [0.3, 0.4) is 0 Å². The normalized spacial score (nSPS) is 27.2. The van der Waals surface area contributed by atoms with E-state index in [0.29, 0.717) is 13.2 Å². The van der Waals surface area contributed by atoms with Crippen molar-refractivity contribution in [2.45, 2.75) is 31.8 Å². The van der Waals surface area contributed by atoms with Crippen LogP contribution in [0.2, 0.25) is 0 Å². The third-order valence-corrected chi connectivity index (χ3v) is 5.64. The molecule has 0 N–H and O–H groups in total. The molecule has 0 unspecified atom stereocenters. The second-order valence-electron chi connectivity index (χ2n) is 5.51. The van der Waals surface area contributed by atoms with Crippen molar-refractivity contribution in [2.24, 2.45) is 0 Å². The lowest BCUT2D eigenvalue weighted by Crippen LogP contribution is -2.48. The van der Waals surface area contributed by atoms with Crippen molar-refractivity contribution in [1.29, 1.82) is 0 Å². The average molecular weight is 293 g/mol. The molecule has 1 aromatic rings. The minimum absolute atomic E-state index is 0.0152. The molecule has 0 amide bonds. The zero-order valence-corrected chi connectivity index (χ0v) is 12.3. The summed E-state index contributed by atoms with van der Waals surface area (Å²) in [6.45, 7) is 3.05. The van der Waals surface area contributed by atoms with Crippen LogP contribution >= 0.6 is 0 Å². The minimum atomic E-state index is -3.35. The van der Waals surface area contributed by atoms with E-state index in [2.05, 4.69) is 0 Å². The highest BCUT2D eigenvalue weighted by Gasteiger charge is 2.43. The number of rotatable bonds is 3. The highest BCUT2D eigenvalue weighted by Crippen LogP contribution is 2.32. The van der Waals surface area contributed by atoms with Gasteiger partial charge in [-0.1, -0.05) is 29.8 Å². The fraction of sp³-hybridized carbons (Fsp3) is 0.467. The van der Waals surface area contributed by atoms with E-state index in [0.717, 1.165) is 24.0 Å². The van der Waals surface area contributed by atoms with E-state index in [1.807, 2.05) is 31.2 Å². The van der Waals surface area contributed by atoms with Crippen LogP contribution in [0.15, 0.2) is 29.7 Å². The van der Waals surface area contributed by atoms with Crippen molar-refractivity contribution in [3.05, 3.63) is 40.8 Å². The molecule has 0 radical (unpaired) electrons. The molecular formula is C15H19NO3S. The van der Waals surface area contributed by atoms with Gasteiger partial charge in [0.1, 0.15) is 0 Å². The first-order valence-corrected chi connectivity index (χ1v) is 8.42. The summed E-state index contributed by atoms with van der Waals surface area (Å²) in [6, 6.07) is 7.84. The zero-order valence-electron chi connectivity index (χ0n) is 11.5. The number of aryl methyl sites for hydroxylation is 1. The number of sulfonamides is 1. The number of benzene rings is 1. The largest absolute Gasteiger partial charge is 0.378 e. The molecule has 2 saturated heterocycles. The molecule has 108 valence electrons. The van der Waals surface area contributed by atoms with Gasteiger partial charge in [0, 0.05) is 17.5 Å². The molecule has 2 bridgehead atoms. The summed E-state index contributed by atoms with van der Waals surface area (Å²) in [6.07, 6.45) is 3.48. The standard InChI is InChI=1S/C15H19NO3S/c1-12-2-4-13(5-3-12)8-9-20(17,18)16-14-6-7-15(16)11-19-10-14/h2-5,8-9,14-15H,6-7,10-11H2,1H3/b9-8+/t14-,15-/m1/s1. The molecule has 0 saturated carbocycles. The van der Waals surface area contributed by atoms with Crippen molar-refractivity contribution in [3.63, 3.8) is 0 Å². The van der Waals surface area contributed by atoms with E-state index in [1.165, 1.54) is 5.41 Å². The van der Waals surface area contributed by atoms with E-state index in [4.69, 9.17) is 4.74 Å². The van der Waals surface area contributed by atoms with Crippen LogP contribution < -0.4 is 0 Å². The molecule has 2 aliphatic heterocycles. The van der Waals surface area contributed by atoms with Gasteiger partial charge in [-0.05, 0) is 31.4 Å². The first-order valence-electron chi connectivity index (χ1n) is 6.92. The Hall–Kier alpha value is -1.17. The lowest BCUT2D eigenvalue weighted by molar-refractivity contribution is 0.0275. The Morgan fingerprint density at radius 2 is 1.75 bits per heavy atom. The molecule has 20 heavy (non-hydrogen) atoms. The van der Waals surface area contributed by atoms with Crippen LogP contribution in [0.1, 0.15) is 24.0 Å². The maximum Gasteiger partial charge on any atom is 0.236 e. The Balaban J connectivity index is 1.80. The number of morpholine rings is 1. The van der Waals surface area contributed by atoms with Gasteiger partial charge in [0.25, 0.3) is 0 Å². The van der Waals surface area contributed by atoms with Crippen LogP contribution in [-0.2, 0) is 14.8 Å². The third kappa shape index (κ3) is 2.66. The third-order valence-electron chi connectivity index (χ3n) is 3.98. The first kappa shape index (κ1) is 13.8. The molecule has 5 heteroatoms. The lowest BCUT2D eigenvalue weighted by Gasteiger charge is -2.32. The van der Waals surface area contributed by atoms with Gasteiger partial charge in [-0.3, -0.25) is 0 Å². The highest BCUT2D eigenvalue weighted by atomic mass is 32.2. The van der Waals surface area contributed by atoms with Gasteiger partial charge in [-0.15, -0.1) is 0 Å². The number of fused-ring (bicyclic) bond motifs is 2. The molecule has 2 atom stereocenters. The molecule has 0 spiro atoms. The summed E-state index contributed by atoms with van der Waals surface area (Å²) in [4.78, 5) is 0. The smallest absolute Gasteiger partial charge is 0.236 e. The van der Waals surface area contributed by atoms with Gasteiger partial charge < -0.3 is 4.74 Å². The predicted octanol–water partition coefficient (Wildman–Crippen LogP) is 2.16. The van der Waals surface area contributed by atoms with E-state index in [1.54, 1.807) is 10.4 Å². The van der Waals surface area contributed by atoms with Crippen LogP contribution in [0.4, 0.5) is 0 Å².